The van der Waals surface area contributed by atoms with Crippen molar-refractivity contribution < 1.29 is 13.2 Å². The van der Waals surface area contributed by atoms with Gasteiger partial charge in [0.05, 0.1) is 11.0 Å². The molecular formula is C12H15Br2NO3S. The maximum atomic E-state index is 12.6. The molecule has 0 amide bonds. The largest absolute Gasteiger partial charge is 0.377 e. The lowest BCUT2D eigenvalue weighted by Gasteiger charge is -2.22. The van der Waals surface area contributed by atoms with Gasteiger partial charge in [-0.2, -0.15) is 4.31 Å². The average molecular weight is 413 g/mol. The van der Waals surface area contributed by atoms with Crippen LogP contribution in [0.2, 0.25) is 0 Å². The first-order chi connectivity index (χ1) is 8.91. The van der Waals surface area contributed by atoms with Crippen LogP contribution < -0.4 is 0 Å². The van der Waals surface area contributed by atoms with E-state index in [1.54, 1.807) is 18.2 Å². The van der Waals surface area contributed by atoms with Crippen LogP contribution in [0, 0.1) is 0 Å². The molecule has 1 heterocycles. The van der Waals surface area contributed by atoms with Crippen molar-refractivity contribution in [2.45, 2.75) is 24.3 Å². The van der Waals surface area contributed by atoms with Crippen molar-refractivity contribution in [3.63, 3.8) is 0 Å². The standard InChI is InChI=1S/C12H15Br2NO3S/c1-9-8-15(5-2-6-18-9)19(16,17)12-4-3-10(13)7-11(12)14/h3-4,7,9H,2,5-6,8H2,1H3. The Kier molecular flexibility index (Phi) is 5.05. The van der Waals surface area contributed by atoms with E-state index >= 15 is 0 Å². The van der Waals surface area contributed by atoms with Gasteiger partial charge < -0.3 is 4.74 Å². The summed E-state index contributed by atoms with van der Waals surface area (Å²) in [7, 11) is -3.48. The number of ether oxygens (including phenoxy) is 1. The van der Waals surface area contributed by atoms with Crippen LogP contribution in [0.1, 0.15) is 13.3 Å². The Morgan fingerprint density at radius 2 is 2.11 bits per heavy atom. The Balaban J connectivity index is 2.35. The zero-order valence-corrected chi connectivity index (χ0v) is 14.5. The van der Waals surface area contributed by atoms with Crippen LogP contribution in [0.4, 0.5) is 0 Å². The van der Waals surface area contributed by atoms with E-state index in [4.69, 9.17) is 4.74 Å². The van der Waals surface area contributed by atoms with Gasteiger partial charge >= 0.3 is 0 Å². The van der Waals surface area contributed by atoms with Crippen LogP contribution in [0.3, 0.4) is 0 Å². The molecular weight excluding hydrogens is 398 g/mol. The number of sulfonamides is 1. The van der Waals surface area contributed by atoms with Gasteiger partial charge in [0.15, 0.2) is 0 Å². The van der Waals surface area contributed by atoms with Crippen molar-refractivity contribution in [1.29, 1.82) is 0 Å². The molecule has 1 unspecified atom stereocenters. The number of nitrogens with zero attached hydrogens (tertiary/aromatic N) is 1. The fraction of sp³-hybridized carbons (Fsp3) is 0.500. The number of hydrogen-bond acceptors (Lipinski definition) is 3. The van der Waals surface area contributed by atoms with Gasteiger partial charge in [-0.05, 0) is 47.5 Å². The van der Waals surface area contributed by atoms with Gasteiger partial charge in [0, 0.05) is 28.6 Å². The fourth-order valence-corrected chi connectivity index (χ4v) is 5.26. The highest BCUT2D eigenvalue weighted by molar-refractivity contribution is 9.11. The molecule has 1 saturated heterocycles. The third-order valence-electron chi connectivity index (χ3n) is 2.93. The van der Waals surface area contributed by atoms with Crippen molar-refractivity contribution in [2.75, 3.05) is 19.7 Å². The lowest BCUT2D eigenvalue weighted by Crippen LogP contribution is -2.36. The highest BCUT2D eigenvalue weighted by Crippen LogP contribution is 2.28. The molecule has 0 radical (unpaired) electrons. The molecule has 1 aromatic rings. The second-order valence-electron chi connectivity index (χ2n) is 4.47. The molecule has 1 aromatic carbocycles. The highest BCUT2D eigenvalue weighted by Gasteiger charge is 2.29. The lowest BCUT2D eigenvalue weighted by atomic mass is 10.4. The van der Waals surface area contributed by atoms with E-state index in [-0.39, 0.29) is 6.10 Å². The normalized spacial score (nSPS) is 22.2. The van der Waals surface area contributed by atoms with Gasteiger partial charge in [-0.1, -0.05) is 15.9 Å². The predicted octanol–water partition coefficient (Wildman–Crippen LogP) is 3.01. The Morgan fingerprint density at radius 1 is 1.37 bits per heavy atom. The molecule has 19 heavy (non-hydrogen) atoms. The van der Waals surface area contributed by atoms with Crippen LogP contribution in [0.15, 0.2) is 32.0 Å². The molecule has 2 rings (SSSR count). The minimum absolute atomic E-state index is 0.0773. The van der Waals surface area contributed by atoms with Gasteiger partial charge in [0.1, 0.15) is 0 Å². The van der Waals surface area contributed by atoms with Gasteiger partial charge in [-0.25, -0.2) is 8.42 Å². The summed E-state index contributed by atoms with van der Waals surface area (Å²) >= 11 is 6.64. The lowest BCUT2D eigenvalue weighted by molar-refractivity contribution is 0.0752. The molecule has 1 fully saturated rings. The number of halogens is 2. The molecule has 7 heteroatoms. The zero-order chi connectivity index (χ0) is 14.0. The van der Waals surface area contributed by atoms with E-state index in [0.29, 0.717) is 29.1 Å². The van der Waals surface area contributed by atoms with Gasteiger partial charge in [0.25, 0.3) is 0 Å². The summed E-state index contributed by atoms with van der Waals surface area (Å²) in [4.78, 5) is 0.296. The summed E-state index contributed by atoms with van der Waals surface area (Å²) < 4.78 is 33.7. The van der Waals surface area contributed by atoms with E-state index < -0.39 is 10.0 Å². The number of benzene rings is 1. The minimum atomic E-state index is -3.48. The first-order valence-corrected chi connectivity index (χ1v) is 9.00. The van der Waals surface area contributed by atoms with Gasteiger partial charge in [-0.15, -0.1) is 0 Å². The van der Waals surface area contributed by atoms with Crippen molar-refractivity contribution in [2.24, 2.45) is 0 Å². The molecule has 4 nitrogen and oxygen atoms in total. The topological polar surface area (TPSA) is 46.6 Å². The molecule has 0 aromatic heterocycles. The number of rotatable bonds is 2. The molecule has 1 atom stereocenters. The summed E-state index contributed by atoms with van der Waals surface area (Å²) in [5.41, 5.74) is 0. The summed E-state index contributed by atoms with van der Waals surface area (Å²) in [6, 6.07) is 5.08. The van der Waals surface area contributed by atoms with E-state index in [0.717, 1.165) is 10.9 Å². The highest BCUT2D eigenvalue weighted by atomic mass is 79.9. The second-order valence-corrected chi connectivity index (χ2v) is 8.15. The van der Waals surface area contributed by atoms with E-state index in [1.165, 1.54) is 4.31 Å². The molecule has 106 valence electrons. The van der Waals surface area contributed by atoms with Crippen LogP contribution >= 0.6 is 31.9 Å². The monoisotopic (exact) mass is 411 g/mol. The smallest absolute Gasteiger partial charge is 0.244 e. The molecule has 0 aliphatic carbocycles. The fourth-order valence-electron chi connectivity index (χ4n) is 2.00. The van der Waals surface area contributed by atoms with Crippen molar-refractivity contribution in [1.82, 2.24) is 4.31 Å². The van der Waals surface area contributed by atoms with Crippen molar-refractivity contribution in [3.8, 4) is 0 Å². The third-order valence-corrected chi connectivity index (χ3v) is 6.26. The first kappa shape index (κ1) is 15.4. The first-order valence-electron chi connectivity index (χ1n) is 5.98. The zero-order valence-electron chi connectivity index (χ0n) is 10.5. The van der Waals surface area contributed by atoms with Gasteiger partial charge in [-0.3, -0.25) is 0 Å². The van der Waals surface area contributed by atoms with E-state index in [9.17, 15) is 8.42 Å². The molecule has 1 aliphatic rings. The quantitative estimate of drug-likeness (QED) is 0.749. The molecule has 0 spiro atoms. The Labute approximate surface area is 130 Å². The van der Waals surface area contributed by atoms with E-state index in [1.807, 2.05) is 6.92 Å². The van der Waals surface area contributed by atoms with Crippen LogP contribution in [0.25, 0.3) is 0 Å². The Bertz CT molecular complexity index is 562. The summed E-state index contributed by atoms with van der Waals surface area (Å²) in [5, 5.41) is 0. The molecule has 0 saturated carbocycles. The minimum Gasteiger partial charge on any atom is -0.377 e. The Hall–Kier alpha value is 0.0500. The van der Waals surface area contributed by atoms with Gasteiger partial charge in [0.2, 0.25) is 10.0 Å². The summed E-state index contributed by atoms with van der Waals surface area (Å²) in [6.45, 7) is 3.39. The van der Waals surface area contributed by atoms with Crippen molar-refractivity contribution >= 4 is 41.9 Å². The molecule has 0 N–H and O–H groups in total. The Morgan fingerprint density at radius 3 is 2.79 bits per heavy atom. The van der Waals surface area contributed by atoms with E-state index in [2.05, 4.69) is 31.9 Å². The summed E-state index contributed by atoms with van der Waals surface area (Å²) in [6.07, 6.45) is 0.643. The second kappa shape index (κ2) is 6.22. The molecule has 0 bridgehead atoms. The van der Waals surface area contributed by atoms with Crippen molar-refractivity contribution in [3.05, 3.63) is 27.1 Å². The maximum Gasteiger partial charge on any atom is 0.244 e. The average Bonchev–Trinajstić information content (AvgIpc) is 2.53. The molecule has 1 aliphatic heterocycles. The van der Waals surface area contributed by atoms with Crippen LogP contribution in [-0.4, -0.2) is 38.5 Å². The predicted molar refractivity (Wildman–Crippen MR) is 80.6 cm³/mol. The number of hydrogen-bond donors (Lipinski definition) is 0. The summed E-state index contributed by atoms with van der Waals surface area (Å²) in [5.74, 6) is 0. The van der Waals surface area contributed by atoms with Crippen LogP contribution in [0.5, 0.6) is 0 Å². The van der Waals surface area contributed by atoms with Crippen LogP contribution in [-0.2, 0) is 14.8 Å². The maximum absolute atomic E-state index is 12.6. The SMILES string of the molecule is CC1CN(S(=O)(=O)c2ccc(Br)cc2Br)CCCO1. The third kappa shape index (κ3) is 3.58.